The highest BCUT2D eigenvalue weighted by molar-refractivity contribution is 6.15. The van der Waals surface area contributed by atoms with Gasteiger partial charge in [0.25, 0.3) is 0 Å². The van der Waals surface area contributed by atoms with Crippen LogP contribution >= 0.6 is 0 Å². The fraction of sp³-hybridized carbons (Fsp3) is 0.0164. The molecule has 1 heterocycles. The molecule has 0 atom stereocenters. The Labute approximate surface area is 366 Å². The van der Waals surface area contributed by atoms with Crippen LogP contribution < -0.4 is 4.90 Å². The van der Waals surface area contributed by atoms with Gasteiger partial charge in [0.2, 0.25) is 0 Å². The molecule has 2 aliphatic carbocycles. The minimum atomic E-state index is -0.413. The highest BCUT2D eigenvalue weighted by Gasteiger charge is 2.52. The van der Waals surface area contributed by atoms with E-state index < -0.39 is 5.41 Å². The van der Waals surface area contributed by atoms with Crippen LogP contribution in [-0.4, -0.2) is 0 Å². The largest absolute Gasteiger partial charge is 0.456 e. The number of nitrogens with zero attached hydrogens (tertiary/aromatic N) is 1. The third-order valence-corrected chi connectivity index (χ3v) is 13.5. The summed E-state index contributed by atoms with van der Waals surface area (Å²) in [5.41, 5.74) is 22.1. The number of hydrogen-bond donors (Lipinski definition) is 0. The Balaban J connectivity index is 1.05. The van der Waals surface area contributed by atoms with Crippen LogP contribution in [0.4, 0.5) is 17.1 Å². The summed E-state index contributed by atoms with van der Waals surface area (Å²) in [5.74, 6) is 0. The molecule has 2 heteroatoms. The number of fused-ring (bicyclic) bond motifs is 13. The zero-order valence-corrected chi connectivity index (χ0v) is 34.4. The Morgan fingerprint density at radius 3 is 1.40 bits per heavy atom. The predicted octanol–water partition coefficient (Wildman–Crippen LogP) is 16.4. The van der Waals surface area contributed by atoms with Crippen LogP contribution in [0.3, 0.4) is 0 Å². The second-order valence-corrected chi connectivity index (χ2v) is 16.7. The third kappa shape index (κ3) is 5.13. The SMILES string of the molecule is c1ccc(N(c2ccccc2)c2cc(-c3ccccc3-c3ccccc3-c3cccc4c3-c3ccccc3C43c4ccccc4-c4ccccc43)cc3oc4ccccc4c23)cc1. The molecule has 294 valence electrons. The van der Waals surface area contributed by atoms with Crippen molar-refractivity contribution in [3.05, 3.63) is 259 Å². The summed E-state index contributed by atoms with van der Waals surface area (Å²) in [7, 11) is 0. The van der Waals surface area contributed by atoms with Crippen LogP contribution in [0.15, 0.2) is 241 Å². The normalized spacial score (nSPS) is 12.9. The molecule has 0 unspecified atom stereocenters. The van der Waals surface area contributed by atoms with Crippen molar-refractivity contribution < 1.29 is 4.42 Å². The maximum absolute atomic E-state index is 6.77. The van der Waals surface area contributed by atoms with E-state index in [0.717, 1.165) is 55.7 Å². The summed E-state index contributed by atoms with van der Waals surface area (Å²) >= 11 is 0. The summed E-state index contributed by atoms with van der Waals surface area (Å²) < 4.78 is 6.77. The number of furan rings is 1. The van der Waals surface area contributed by atoms with Gasteiger partial charge in [-0.2, -0.15) is 0 Å². The van der Waals surface area contributed by atoms with Gasteiger partial charge in [0.15, 0.2) is 0 Å². The van der Waals surface area contributed by atoms with Crippen molar-refractivity contribution in [1.29, 1.82) is 0 Å². The van der Waals surface area contributed by atoms with Crippen molar-refractivity contribution in [2.45, 2.75) is 5.41 Å². The van der Waals surface area contributed by atoms with Crippen molar-refractivity contribution in [1.82, 2.24) is 0 Å². The molecular formula is C61H39NO. The molecule has 1 aromatic heterocycles. The number of anilines is 3. The van der Waals surface area contributed by atoms with E-state index in [1.807, 2.05) is 0 Å². The van der Waals surface area contributed by atoms with Gasteiger partial charge < -0.3 is 9.32 Å². The van der Waals surface area contributed by atoms with E-state index in [4.69, 9.17) is 4.42 Å². The molecule has 2 nitrogen and oxygen atoms in total. The monoisotopic (exact) mass is 801 g/mol. The smallest absolute Gasteiger partial charge is 0.138 e. The first-order chi connectivity index (χ1) is 31.3. The lowest BCUT2D eigenvalue weighted by atomic mass is 9.70. The summed E-state index contributed by atoms with van der Waals surface area (Å²) in [6.07, 6.45) is 0. The summed E-state index contributed by atoms with van der Waals surface area (Å²) in [6.45, 7) is 0. The molecule has 0 amide bonds. The molecule has 2 aliphatic rings. The number of benzene rings is 10. The number of hydrogen-bond acceptors (Lipinski definition) is 2. The van der Waals surface area contributed by atoms with Crippen molar-refractivity contribution in [3.8, 4) is 55.6 Å². The molecule has 10 aromatic carbocycles. The van der Waals surface area contributed by atoms with Crippen LogP contribution in [0.2, 0.25) is 0 Å². The van der Waals surface area contributed by atoms with E-state index >= 15 is 0 Å². The quantitative estimate of drug-likeness (QED) is 0.167. The zero-order chi connectivity index (χ0) is 41.5. The molecule has 0 fully saturated rings. The molecule has 1 spiro atoms. The fourth-order valence-electron chi connectivity index (χ4n) is 11.0. The van der Waals surface area contributed by atoms with Crippen molar-refractivity contribution in [2.75, 3.05) is 4.90 Å². The lowest BCUT2D eigenvalue weighted by Crippen LogP contribution is -2.25. The molecule has 0 bridgehead atoms. The van der Waals surface area contributed by atoms with Gasteiger partial charge in [-0.05, 0) is 120 Å². The molecule has 63 heavy (non-hydrogen) atoms. The lowest BCUT2D eigenvalue weighted by Gasteiger charge is -2.30. The van der Waals surface area contributed by atoms with E-state index in [0.29, 0.717) is 0 Å². The molecule has 11 aromatic rings. The zero-order valence-electron chi connectivity index (χ0n) is 34.4. The minimum Gasteiger partial charge on any atom is -0.456 e. The first-order valence-corrected chi connectivity index (χ1v) is 21.8. The maximum Gasteiger partial charge on any atom is 0.138 e. The molecular weight excluding hydrogens is 763 g/mol. The van der Waals surface area contributed by atoms with E-state index in [2.05, 4.69) is 241 Å². The van der Waals surface area contributed by atoms with Gasteiger partial charge in [-0.3, -0.25) is 0 Å². The number of para-hydroxylation sites is 3. The first-order valence-electron chi connectivity index (χ1n) is 21.8. The van der Waals surface area contributed by atoms with Gasteiger partial charge in [0, 0.05) is 16.8 Å². The molecule has 0 N–H and O–H groups in total. The van der Waals surface area contributed by atoms with Gasteiger partial charge in [-0.25, -0.2) is 0 Å². The van der Waals surface area contributed by atoms with E-state index in [-0.39, 0.29) is 0 Å². The summed E-state index contributed by atoms with van der Waals surface area (Å²) in [5, 5.41) is 2.18. The first kappa shape index (κ1) is 35.5. The fourth-order valence-corrected chi connectivity index (χ4v) is 11.0. The van der Waals surface area contributed by atoms with Crippen LogP contribution in [0.5, 0.6) is 0 Å². The highest BCUT2D eigenvalue weighted by Crippen LogP contribution is 2.64. The van der Waals surface area contributed by atoms with Crippen LogP contribution in [-0.2, 0) is 5.41 Å². The number of rotatable bonds is 6. The van der Waals surface area contributed by atoms with Crippen molar-refractivity contribution in [3.63, 3.8) is 0 Å². The van der Waals surface area contributed by atoms with E-state index in [1.54, 1.807) is 0 Å². The second kappa shape index (κ2) is 13.9. The third-order valence-electron chi connectivity index (χ3n) is 13.5. The average molecular weight is 802 g/mol. The molecule has 0 aliphatic heterocycles. The van der Waals surface area contributed by atoms with Crippen LogP contribution in [0, 0.1) is 0 Å². The second-order valence-electron chi connectivity index (χ2n) is 16.7. The van der Waals surface area contributed by atoms with Gasteiger partial charge in [0.1, 0.15) is 11.2 Å². The van der Waals surface area contributed by atoms with E-state index in [1.165, 1.54) is 61.2 Å². The summed E-state index contributed by atoms with van der Waals surface area (Å²) in [6, 6.07) is 86.3. The predicted molar refractivity (Wildman–Crippen MR) is 261 cm³/mol. The summed E-state index contributed by atoms with van der Waals surface area (Å²) in [4.78, 5) is 2.37. The van der Waals surface area contributed by atoms with Crippen LogP contribution in [0.1, 0.15) is 22.3 Å². The van der Waals surface area contributed by atoms with Crippen molar-refractivity contribution in [2.24, 2.45) is 0 Å². The van der Waals surface area contributed by atoms with E-state index in [9.17, 15) is 0 Å². The van der Waals surface area contributed by atoms with Crippen molar-refractivity contribution >= 4 is 39.0 Å². The molecule has 0 radical (unpaired) electrons. The van der Waals surface area contributed by atoms with Gasteiger partial charge in [-0.1, -0.05) is 194 Å². The lowest BCUT2D eigenvalue weighted by molar-refractivity contribution is 0.669. The van der Waals surface area contributed by atoms with Gasteiger partial charge >= 0.3 is 0 Å². The highest BCUT2D eigenvalue weighted by atomic mass is 16.3. The Morgan fingerprint density at radius 1 is 0.317 bits per heavy atom. The van der Waals surface area contributed by atoms with Gasteiger partial charge in [0.05, 0.1) is 16.5 Å². The van der Waals surface area contributed by atoms with Crippen LogP contribution in [0.25, 0.3) is 77.6 Å². The molecule has 0 saturated heterocycles. The Bertz CT molecular complexity index is 3500. The maximum atomic E-state index is 6.77. The Kier molecular flexibility index (Phi) is 7.85. The molecule has 13 rings (SSSR count). The van der Waals surface area contributed by atoms with Gasteiger partial charge in [-0.15, -0.1) is 0 Å². The topological polar surface area (TPSA) is 16.4 Å². The Morgan fingerprint density at radius 2 is 0.762 bits per heavy atom. The standard InChI is InChI=1S/C61H39NO/c1-3-20-41(21-4-1)62(42-22-5-2-6-23-42)56-38-40(39-58-60(56)51-31-14-18-37-57(51)63-58)43-24-7-8-25-44(43)45-26-9-10-27-46(45)49-32-19-36-55-59(49)50-30-13-17-35-54(50)61(55)52-33-15-11-28-47(52)48-29-12-16-34-53(48)61/h1-39H. The average Bonchev–Trinajstić information content (AvgIpc) is 3.99. The molecule has 0 saturated carbocycles. The Hall–Kier alpha value is -8.20. The minimum absolute atomic E-state index is 0.413.